The maximum Gasteiger partial charge on any atom is 0.312 e. The van der Waals surface area contributed by atoms with Crippen molar-refractivity contribution in [2.75, 3.05) is 6.54 Å². The lowest BCUT2D eigenvalue weighted by Crippen LogP contribution is -2.41. The number of para-hydroxylation sites is 1. The second-order valence-electron chi connectivity index (χ2n) is 7.59. The Labute approximate surface area is 170 Å². The highest BCUT2D eigenvalue weighted by molar-refractivity contribution is 5.90. The Morgan fingerprint density at radius 1 is 1.27 bits per heavy atom. The standard InChI is InChI=1S/C20H18FN7O2/c1-20(2,21)19-27-26-17(30-19)18(29)28-8-7-13-14(24-10-23-13)15(28)16-22-9-11-5-3-4-6-12(11)25-16/h3-6,9-10,15H,7-8H2,1-2H3,(H,23,24)/t15-/m1/s1. The fourth-order valence-electron chi connectivity index (χ4n) is 3.55. The monoisotopic (exact) mass is 407 g/mol. The second kappa shape index (κ2) is 6.68. The van der Waals surface area contributed by atoms with E-state index in [1.54, 1.807) is 12.5 Å². The van der Waals surface area contributed by atoms with E-state index in [9.17, 15) is 9.18 Å². The van der Waals surface area contributed by atoms with Gasteiger partial charge in [-0.2, -0.15) is 0 Å². The average Bonchev–Trinajstić information content (AvgIpc) is 3.41. The number of fused-ring (bicyclic) bond motifs is 2. The molecule has 0 spiro atoms. The number of alkyl halides is 1. The predicted molar refractivity (Wildman–Crippen MR) is 103 cm³/mol. The summed E-state index contributed by atoms with van der Waals surface area (Å²) in [5.41, 5.74) is 0.494. The van der Waals surface area contributed by atoms with Crippen LogP contribution < -0.4 is 0 Å². The smallest absolute Gasteiger partial charge is 0.312 e. The third-order valence-electron chi connectivity index (χ3n) is 5.05. The SMILES string of the molecule is CC(C)(F)c1nnc(C(=O)N2CCc3[nH]cnc3[C@@H]2c2ncc3ccccc3n2)o1. The lowest BCUT2D eigenvalue weighted by molar-refractivity contribution is 0.0632. The minimum absolute atomic E-state index is 0.248. The maximum atomic E-state index is 14.1. The summed E-state index contributed by atoms with van der Waals surface area (Å²) in [6, 6.07) is 6.97. The van der Waals surface area contributed by atoms with E-state index in [2.05, 4.69) is 30.1 Å². The molecule has 0 radical (unpaired) electrons. The topological polar surface area (TPSA) is 114 Å². The molecule has 0 saturated heterocycles. The number of nitrogens with one attached hydrogen (secondary N) is 1. The summed E-state index contributed by atoms with van der Waals surface area (Å²) in [5.74, 6) is -0.614. The number of H-pyrrole nitrogens is 1. The van der Waals surface area contributed by atoms with E-state index in [0.29, 0.717) is 24.5 Å². The zero-order valence-corrected chi connectivity index (χ0v) is 16.3. The van der Waals surface area contributed by atoms with Gasteiger partial charge in [0, 0.05) is 30.2 Å². The minimum Gasteiger partial charge on any atom is -0.413 e. The van der Waals surface area contributed by atoms with Crippen LogP contribution in [0.25, 0.3) is 10.9 Å². The van der Waals surface area contributed by atoms with E-state index in [4.69, 9.17) is 4.42 Å². The van der Waals surface area contributed by atoms with Crippen molar-refractivity contribution in [2.24, 2.45) is 0 Å². The number of imidazole rings is 1. The van der Waals surface area contributed by atoms with Gasteiger partial charge in [0.1, 0.15) is 6.04 Å². The fourth-order valence-corrected chi connectivity index (χ4v) is 3.55. The van der Waals surface area contributed by atoms with Crippen LogP contribution in [0.15, 0.2) is 41.2 Å². The molecular formula is C20H18FN7O2. The first kappa shape index (κ1) is 18.3. The highest BCUT2D eigenvalue weighted by atomic mass is 19.1. The molecule has 9 nitrogen and oxygen atoms in total. The quantitative estimate of drug-likeness (QED) is 0.555. The molecule has 1 amide bonds. The Kier molecular flexibility index (Phi) is 4.09. The number of carbonyl (C=O) groups excluding carboxylic acids is 1. The predicted octanol–water partition coefficient (Wildman–Crippen LogP) is 2.73. The molecule has 1 atom stereocenters. The summed E-state index contributed by atoms with van der Waals surface area (Å²) in [7, 11) is 0. The van der Waals surface area contributed by atoms with Crippen LogP contribution in [0.3, 0.4) is 0 Å². The number of nitrogens with zero attached hydrogens (tertiary/aromatic N) is 6. The van der Waals surface area contributed by atoms with E-state index in [-0.39, 0.29) is 11.8 Å². The van der Waals surface area contributed by atoms with Crippen molar-refractivity contribution in [3.05, 3.63) is 65.8 Å². The molecule has 1 aromatic carbocycles. The van der Waals surface area contributed by atoms with Crippen molar-refractivity contribution >= 4 is 16.8 Å². The van der Waals surface area contributed by atoms with Gasteiger partial charge in [0.2, 0.25) is 0 Å². The van der Waals surface area contributed by atoms with Crippen LogP contribution in [0, 0.1) is 0 Å². The van der Waals surface area contributed by atoms with Crippen LogP contribution in [-0.2, 0) is 12.1 Å². The number of hydrogen-bond donors (Lipinski definition) is 1. The van der Waals surface area contributed by atoms with E-state index in [1.807, 2.05) is 24.3 Å². The van der Waals surface area contributed by atoms with Crippen molar-refractivity contribution in [1.29, 1.82) is 0 Å². The fraction of sp³-hybridized carbons (Fsp3) is 0.300. The first-order valence-electron chi connectivity index (χ1n) is 9.49. The maximum absolute atomic E-state index is 14.1. The molecule has 0 saturated carbocycles. The summed E-state index contributed by atoms with van der Waals surface area (Å²) >= 11 is 0. The normalized spacial score (nSPS) is 16.6. The van der Waals surface area contributed by atoms with Gasteiger partial charge in [-0.1, -0.05) is 18.2 Å². The molecule has 1 N–H and O–H groups in total. The summed E-state index contributed by atoms with van der Waals surface area (Å²) in [4.78, 5) is 31.4. The van der Waals surface area contributed by atoms with Crippen LogP contribution >= 0.6 is 0 Å². The van der Waals surface area contributed by atoms with Crippen LogP contribution in [0.5, 0.6) is 0 Å². The van der Waals surface area contributed by atoms with Gasteiger partial charge in [-0.05, 0) is 19.9 Å². The van der Waals surface area contributed by atoms with E-state index in [0.717, 1.165) is 16.6 Å². The average molecular weight is 407 g/mol. The molecule has 152 valence electrons. The Balaban J connectivity index is 1.58. The summed E-state index contributed by atoms with van der Waals surface area (Å²) in [6.07, 6.45) is 3.88. The molecular weight excluding hydrogens is 389 g/mol. The van der Waals surface area contributed by atoms with Crippen molar-refractivity contribution in [1.82, 2.24) is 35.0 Å². The zero-order valence-electron chi connectivity index (χ0n) is 16.3. The molecule has 0 fully saturated rings. The summed E-state index contributed by atoms with van der Waals surface area (Å²) in [5, 5.41) is 8.34. The number of benzene rings is 1. The van der Waals surface area contributed by atoms with E-state index >= 15 is 0 Å². The highest BCUT2D eigenvalue weighted by Crippen LogP contribution is 2.33. The third kappa shape index (κ3) is 3.00. The lowest BCUT2D eigenvalue weighted by Gasteiger charge is -2.33. The number of carbonyl (C=O) groups is 1. The number of rotatable bonds is 3. The Hall–Kier alpha value is -3.69. The molecule has 5 rings (SSSR count). The molecule has 30 heavy (non-hydrogen) atoms. The molecule has 1 aliphatic rings. The molecule has 4 aromatic rings. The Morgan fingerprint density at radius 2 is 2.10 bits per heavy atom. The van der Waals surface area contributed by atoms with Gasteiger partial charge in [-0.3, -0.25) is 4.79 Å². The van der Waals surface area contributed by atoms with Gasteiger partial charge in [-0.25, -0.2) is 19.3 Å². The van der Waals surface area contributed by atoms with Crippen LogP contribution in [0.4, 0.5) is 4.39 Å². The van der Waals surface area contributed by atoms with Gasteiger partial charge in [0.05, 0.1) is 17.5 Å². The number of aromatic nitrogens is 6. The second-order valence-corrected chi connectivity index (χ2v) is 7.59. The van der Waals surface area contributed by atoms with E-state index in [1.165, 1.54) is 18.7 Å². The third-order valence-corrected chi connectivity index (χ3v) is 5.05. The highest BCUT2D eigenvalue weighted by Gasteiger charge is 2.39. The summed E-state index contributed by atoms with van der Waals surface area (Å²) in [6.45, 7) is 2.94. The Bertz CT molecular complexity index is 1240. The minimum atomic E-state index is -1.84. The first-order chi connectivity index (χ1) is 14.4. The van der Waals surface area contributed by atoms with Crippen LogP contribution in [0.2, 0.25) is 0 Å². The van der Waals surface area contributed by atoms with E-state index < -0.39 is 17.6 Å². The van der Waals surface area contributed by atoms with Crippen molar-refractivity contribution in [2.45, 2.75) is 32.0 Å². The molecule has 3 aromatic heterocycles. The number of aromatic amines is 1. The zero-order chi connectivity index (χ0) is 20.9. The van der Waals surface area contributed by atoms with Gasteiger partial charge >= 0.3 is 11.8 Å². The Morgan fingerprint density at radius 3 is 2.90 bits per heavy atom. The molecule has 0 bridgehead atoms. The van der Waals surface area contributed by atoms with Gasteiger partial charge < -0.3 is 14.3 Å². The molecule has 4 heterocycles. The van der Waals surface area contributed by atoms with Crippen molar-refractivity contribution in [3.63, 3.8) is 0 Å². The molecule has 10 heteroatoms. The molecule has 0 unspecified atom stereocenters. The summed E-state index contributed by atoms with van der Waals surface area (Å²) < 4.78 is 19.5. The van der Waals surface area contributed by atoms with Crippen molar-refractivity contribution < 1.29 is 13.6 Å². The number of hydrogen-bond acceptors (Lipinski definition) is 7. The van der Waals surface area contributed by atoms with Gasteiger partial charge in [0.15, 0.2) is 11.5 Å². The molecule has 1 aliphatic heterocycles. The largest absolute Gasteiger partial charge is 0.413 e. The van der Waals surface area contributed by atoms with Crippen LogP contribution in [-0.4, -0.2) is 47.5 Å². The van der Waals surface area contributed by atoms with Crippen LogP contribution in [0.1, 0.15) is 53.7 Å². The lowest BCUT2D eigenvalue weighted by atomic mass is 10.0. The molecule has 0 aliphatic carbocycles. The first-order valence-corrected chi connectivity index (χ1v) is 9.49. The van der Waals surface area contributed by atoms with Gasteiger partial charge in [0.25, 0.3) is 5.89 Å². The number of halogens is 1. The van der Waals surface area contributed by atoms with Gasteiger partial charge in [-0.15, -0.1) is 10.2 Å². The van der Waals surface area contributed by atoms with Crippen molar-refractivity contribution in [3.8, 4) is 0 Å². The number of amides is 1.